The number of rotatable bonds is 7. The van der Waals surface area contributed by atoms with Crippen LogP contribution in [0.3, 0.4) is 0 Å². The number of nitrogens with one attached hydrogen (secondary N) is 3. The van der Waals surface area contributed by atoms with Crippen LogP contribution < -0.4 is 11.0 Å². The Labute approximate surface area is 152 Å². The van der Waals surface area contributed by atoms with Crippen LogP contribution in [0.5, 0.6) is 0 Å². The fraction of sp³-hybridized carbons (Fsp3) is 0.238. The Morgan fingerprint density at radius 2 is 2.19 bits per heavy atom. The number of aromatic nitrogens is 2. The highest BCUT2D eigenvalue weighted by Crippen LogP contribution is 2.24. The van der Waals surface area contributed by atoms with Crippen LogP contribution >= 0.6 is 0 Å². The quantitative estimate of drug-likeness (QED) is 0.527. The van der Waals surface area contributed by atoms with Gasteiger partial charge in [-0.25, -0.2) is 4.79 Å². The lowest BCUT2D eigenvalue weighted by atomic mass is 9.97. The van der Waals surface area contributed by atoms with Crippen LogP contribution in [0, 0.1) is 0 Å². The van der Waals surface area contributed by atoms with Gasteiger partial charge in [-0.3, -0.25) is 4.99 Å². The number of nitrogens with zero attached hydrogens (tertiary/aromatic N) is 1. The Balaban J connectivity index is 1.59. The summed E-state index contributed by atoms with van der Waals surface area (Å²) < 4.78 is 0. The van der Waals surface area contributed by atoms with Crippen molar-refractivity contribution >= 4 is 22.8 Å². The monoisotopic (exact) mass is 348 g/mol. The number of imidazole rings is 1. The molecule has 2 heterocycles. The molecule has 5 heteroatoms. The molecule has 0 radical (unpaired) electrons. The number of H-pyrrole nitrogens is 2. The third kappa shape index (κ3) is 4.58. The summed E-state index contributed by atoms with van der Waals surface area (Å²) in [5.74, 6) is 0. The average Bonchev–Trinajstić information content (AvgIpc) is 3.03. The number of hydrogen-bond donors (Lipinski definition) is 3. The lowest BCUT2D eigenvalue weighted by Gasteiger charge is -2.19. The lowest BCUT2D eigenvalue weighted by Crippen LogP contribution is -2.33. The first-order valence-corrected chi connectivity index (χ1v) is 8.79. The molecule has 1 aromatic heterocycles. The molecule has 1 aliphatic heterocycles. The highest BCUT2D eigenvalue weighted by atomic mass is 16.1. The van der Waals surface area contributed by atoms with Crippen molar-refractivity contribution in [1.82, 2.24) is 15.3 Å². The van der Waals surface area contributed by atoms with E-state index in [1.165, 1.54) is 0 Å². The van der Waals surface area contributed by atoms with E-state index in [1.807, 2.05) is 43.6 Å². The van der Waals surface area contributed by atoms with Gasteiger partial charge in [-0.15, -0.1) is 0 Å². The van der Waals surface area contributed by atoms with Crippen molar-refractivity contribution in [2.45, 2.75) is 25.8 Å². The molecule has 0 aliphatic carbocycles. The van der Waals surface area contributed by atoms with Crippen molar-refractivity contribution in [1.29, 1.82) is 0 Å². The summed E-state index contributed by atoms with van der Waals surface area (Å²) >= 11 is 0. The number of allylic oxidation sites excluding steroid dienone is 3. The highest BCUT2D eigenvalue weighted by molar-refractivity contribution is 5.83. The fourth-order valence-electron chi connectivity index (χ4n) is 2.90. The van der Waals surface area contributed by atoms with Gasteiger partial charge in [0, 0.05) is 25.0 Å². The predicted octanol–water partition coefficient (Wildman–Crippen LogP) is 3.71. The van der Waals surface area contributed by atoms with E-state index in [9.17, 15) is 4.79 Å². The summed E-state index contributed by atoms with van der Waals surface area (Å²) in [7, 11) is 0. The second-order valence-electron chi connectivity index (χ2n) is 6.35. The van der Waals surface area contributed by atoms with Gasteiger partial charge in [0.25, 0.3) is 0 Å². The van der Waals surface area contributed by atoms with Crippen LogP contribution in [0.15, 0.2) is 70.6 Å². The molecule has 0 saturated carbocycles. The first kappa shape index (κ1) is 17.9. The van der Waals surface area contributed by atoms with Gasteiger partial charge in [0.15, 0.2) is 0 Å². The van der Waals surface area contributed by atoms with E-state index in [4.69, 9.17) is 0 Å². The van der Waals surface area contributed by atoms with E-state index in [0.717, 1.165) is 47.1 Å². The molecule has 1 aliphatic rings. The second kappa shape index (κ2) is 8.45. The Morgan fingerprint density at radius 3 is 3.04 bits per heavy atom. The molecular formula is C21H24N4O. The van der Waals surface area contributed by atoms with Gasteiger partial charge in [0.05, 0.1) is 11.0 Å². The zero-order valence-corrected chi connectivity index (χ0v) is 15.0. The maximum Gasteiger partial charge on any atom is 0.323 e. The summed E-state index contributed by atoms with van der Waals surface area (Å²) in [6, 6.07) is 6.08. The molecule has 2 aromatic rings. The van der Waals surface area contributed by atoms with Crippen LogP contribution in [0.2, 0.25) is 0 Å². The van der Waals surface area contributed by atoms with Gasteiger partial charge in [0.1, 0.15) is 0 Å². The van der Waals surface area contributed by atoms with Crippen molar-refractivity contribution in [3.63, 3.8) is 0 Å². The molecule has 1 unspecified atom stereocenters. The van der Waals surface area contributed by atoms with Crippen molar-refractivity contribution in [3.8, 4) is 0 Å². The number of benzene rings is 1. The van der Waals surface area contributed by atoms with Gasteiger partial charge in [-0.1, -0.05) is 36.9 Å². The third-order valence-corrected chi connectivity index (χ3v) is 4.28. The van der Waals surface area contributed by atoms with E-state index in [0.29, 0.717) is 0 Å². The minimum Gasteiger partial charge on any atom is -0.306 e. The molecule has 26 heavy (non-hydrogen) atoms. The van der Waals surface area contributed by atoms with E-state index in [-0.39, 0.29) is 11.7 Å². The number of fused-ring (bicyclic) bond motifs is 1. The van der Waals surface area contributed by atoms with Crippen LogP contribution in [0.4, 0.5) is 0 Å². The molecule has 3 rings (SSSR count). The van der Waals surface area contributed by atoms with Gasteiger partial charge < -0.3 is 15.3 Å². The summed E-state index contributed by atoms with van der Waals surface area (Å²) in [5, 5.41) is 3.48. The van der Waals surface area contributed by atoms with Crippen LogP contribution in [-0.4, -0.2) is 28.8 Å². The number of hydrogen-bond acceptors (Lipinski definition) is 3. The average molecular weight is 348 g/mol. The Morgan fingerprint density at radius 1 is 1.35 bits per heavy atom. The minimum absolute atomic E-state index is 0.164. The highest BCUT2D eigenvalue weighted by Gasteiger charge is 2.14. The molecule has 1 aromatic carbocycles. The number of aliphatic imine (C=N–C) groups is 1. The fourth-order valence-corrected chi connectivity index (χ4v) is 2.90. The van der Waals surface area contributed by atoms with Crippen LogP contribution in [-0.2, 0) is 0 Å². The summed E-state index contributed by atoms with van der Waals surface area (Å²) in [6.45, 7) is 6.82. The van der Waals surface area contributed by atoms with Crippen molar-refractivity contribution in [2.24, 2.45) is 4.99 Å². The van der Waals surface area contributed by atoms with E-state index >= 15 is 0 Å². The Hall–Kier alpha value is -2.92. The van der Waals surface area contributed by atoms with Crippen molar-refractivity contribution in [2.75, 3.05) is 6.54 Å². The van der Waals surface area contributed by atoms with Gasteiger partial charge in [-0.2, -0.15) is 0 Å². The van der Waals surface area contributed by atoms with Gasteiger partial charge >= 0.3 is 5.69 Å². The van der Waals surface area contributed by atoms with E-state index < -0.39 is 0 Å². The first-order chi connectivity index (χ1) is 12.7. The molecule has 5 nitrogen and oxygen atoms in total. The zero-order chi connectivity index (χ0) is 18.4. The first-order valence-electron chi connectivity index (χ1n) is 8.79. The summed E-state index contributed by atoms with van der Waals surface area (Å²) in [4.78, 5) is 21.4. The van der Waals surface area contributed by atoms with Crippen LogP contribution in [0.1, 0.15) is 25.3 Å². The lowest BCUT2D eigenvalue weighted by molar-refractivity contribution is 0.674. The maximum atomic E-state index is 11.4. The normalized spacial score (nSPS) is 17.4. The topological polar surface area (TPSA) is 73.0 Å². The molecule has 1 atom stereocenters. The molecular weight excluding hydrogens is 324 g/mol. The molecule has 3 N–H and O–H groups in total. The van der Waals surface area contributed by atoms with E-state index in [1.54, 1.807) is 0 Å². The smallest absolute Gasteiger partial charge is 0.306 e. The standard InChI is InChI=1S/C21H24N4O/c1-3-4-5-6-7-15(2)12-23-18-10-17(13-22-14-18)16-8-9-19-20(11-16)25-21(26)24-19/h3-4,6-9,11,13-14,18,23H,2,5,10,12H2,1H3,(H2,24,25,26)/b4-3-,7-6-. The zero-order valence-electron chi connectivity index (χ0n) is 15.0. The molecule has 0 spiro atoms. The molecule has 134 valence electrons. The summed E-state index contributed by atoms with van der Waals surface area (Å²) in [6.07, 6.45) is 13.9. The van der Waals surface area contributed by atoms with Crippen molar-refractivity contribution in [3.05, 3.63) is 76.9 Å². The SMILES string of the molecule is C=C(/C=C\C/C=C\C)CNC1C=NC=C(c2ccc3[nH]c(=O)[nH]c3c2)C1. The second-order valence-corrected chi connectivity index (χ2v) is 6.35. The van der Waals surface area contributed by atoms with Crippen molar-refractivity contribution < 1.29 is 0 Å². The predicted molar refractivity (Wildman–Crippen MR) is 110 cm³/mol. The van der Waals surface area contributed by atoms with E-state index in [2.05, 4.69) is 45.1 Å². The molecule has 0 amide bonds. The van der Waals surface area contributed by atoms with Crippen LogP contribution in [0.25, 0.3) is 16.6 Å². The third-order valence-electron chi connectivity index (χ3n) is 4.28. The maximum absolute atomic E-state index is 11.4. The Kier molecular flexibility index (Phi) is 5.81. The number of aromatic amines is 2. The minimum atomic E-state index is -0.187. The van der Waals surface area contributed by atoms with Gasteiger partial charge in [-0.05, 0) is 48.6 Å². The molecule has 0 fully saturated rings. The summed E-state index contributed by atoms with van der Waals surface area (Å²) in [5.41, 5.74) is 4.70. The van der Waals surface area contributed by atoms with Gasteiger partial charge in [0.2, 0.25) is 0 Å². The Bertz CT molecular complexity index is 956. The molecule has 0 saturated heterocycles. The molecule has 0 bridgehead atoms. The largest absolute Gasteiger partial charge is 0.323 e.